The third-order valence-corrected chi connectivity index (χ3v) is 7.05. The first kappa shape index (κ1) is 23.2. The lowest BCUT2D eigenvalue weighted by atomic mass is 10.1. The van der Waals surface area contributed by atoms with E-state index in [2.05, 4.69) is 15.5 Å². The van der Waals surface area contributed by atoms with Gasteiger partial charge in [0.2, 0.25) is 5.91 Å². The summed E-state index contributed by atoms with van der Waals surface area (Å²) in [6, 6.07) is 0. The number of rotatable bonds is 9. The summed E-state index contributed by atoms with van der Waals surface area (Å²) in [6.45, 7) is 5.00. The minimum Gasteiger partial charge on any atom is -0.465 e. The molecule has 12 heteroatoms. The maximum Gasteiger partial charge on any atom is 0.341 e. The van der Waals surface area contributed by atoms with Gasteiger partial charge in [-0.3, -0.25) is 9.59 Å². The summed E-state index contributed by atoms with van der Waals surface area (Å²) in [4.78, 5) is 36.6. The fraction of sp³-hybridized carbons (Fsp3) is 0.526. The Morgan fingerprint density at radius 2 is 2.16 bits per heavy atom. The minimum atomic E-state index is -0.670. The number of esters is 1. The average Bonchev–Trinajstić information content (AvgIpc) is 3.46. The van der Waals surface area contributed by atoms with Crippen LogP contribution in [0.1, 0.15) is 51.2 Å². The highest BCUT2D eigenvalue weighted by Gasteiger charge is 2.26. The second kappa shape index (κ2) is 10.2. The molecule has 168 valence electrons. The number of hydrogen-bond acceptors (Lipinski definition) is 9. The SMILES string of the molecule is CCc1nnc(SCC(=O)Nc2sc(C(N)=O)c(C)c2C(=O)OC)n1C[C@@H]1CCCO1. The molecule has 0 spiro atoms. The van der Waals surface area contributed by atoms with Crippen molar-refractivity contribution >= 4 is 45.9 Å². The Balaban J connectivity index is 1.71. The van der Waals surface area contributed by atoms with Crippen molar-refractivity contribution in [2.75, 3.05) is 24.8 Å². The van der Waals surface area contributed by atoms with Crippen molar-refractivity contribution < 1.29 is 23.9 Å². The fourth-order valence-electron chi connectivity index (χ4n) is 3.34. The first-order chi connectivity index (χ1) is 14.8. The van der Waals surface area contributed by atoms with Crippen LogP contribution in [0.15, 0.2) is 5.16 Å². The highest BCUT2D eigenvalue weighted by molar-refractivity contribution is 7.99. The monoisotopic (exact) mass is 467 g/mol. The number of anilines is 1. The van der Waals surface area contributed by atoms with Gasteiger partial charge in [-0.25, -0.2) is 4.79 Å². The molecule has 2 aromatic rings. The number of carbonyl (C=O) groups is 3. The summed E-state index contributed by atoms with van der Waals surface area (Å²) in [5.74, 6) is -0.773. The normalized spacial score (nSPS) is 15.8. The number of methoxy groups -OCH3 is 1. The molecule has 0 unspecified atom stereocenters. The molecule has 1 saturated heterocycles. The molecule has 0 bridgehead atoms. The molecule has 0 saturated carbocycles. The van der Waals surface area contributed by atoms with E-state index in [1.54, 1.807) is 6.92 Å². The Morgan fingerprint density at radius 3 is 2.77 bits per heavy atom. The second-order valence-corrected chi connectivity index (χ2v) is 8.91. The summed E-state index contributed by atoms with van der Waals surface area (Å²) < 4.78 is 12.5. The van der Waals surface area contributed by atoms with Crippen LogP contribution < -0.4 is 11.1 Å². The zero-order valence-electron chi connectivity index (χ0n) is 17.6. The Hall–Kier alpha value is -2.44. The molecule has 1 atom stereocenters. The van der Waals surface area contributed by atoms with E-state index >= 15 is 0 Å². The lowest BCUT2D eigenvalue weighted by molar-refractivity contribution is -0.113. The Morgan fingerprint density at radius 1 is 1.39 bits per heavy atom. The van der Waals surface area contributed by atoms with Crippen LogP contribution in [0.25, 0.3) is 0 Å². The molecule has 3 rings (SSSR count). The van der Waals surface area contributed by atoms with Gasteiger partial charge in [-0.2, -0.15) is 0 Å². The van der Waals surface area contributed by atoms with Crippen LogP contribution in [0.3, 0.4) is 0 Å². The van der Waals surface area contributed by atoms with Gasteiger partial charge in [0.1, 0.15) is 10.8 Å². The zero-order valence-corrected chi connectivity index (χ0v) is 19.2. The van der Waals surface area contributed by atoms with Gasteiger partial charge in [0, 0.05) is 13.0 Å². The smallest absolute Gasteiger partial charge is 0.341 e. The highest BCUT2D eigenvalue weighted by atomic mass is 32.2. The maximum absolute atomic E-state index is 12.6. The van der Waals surface area contributed by atoms with E-state index in [9.17, 15) is 14.4 Å². The van der Waals surface area contributed by atoms with Crippen LogP contribution in [0.4, 0.5) is 5.00 Å². The van der Waals surface area contributed by atoms with Crippen LogP contribution in [0.2, 0.25) is 0 Å². The number of nitrogens with two attached hydrogens (primary N) is 1. The predicted molar refractivity (Wildman–Crippen MR) is 117 cm³/mol. The molecule has 1 aliphatic rings. The molecule has 10 nitrogen and oxygen atoms in total. The van der Waals surface area contributed by atoms with Crippen molar-refractivity contribution in [3.8, 4) is 0 Å². The molecule has 2 amide bonds. The fourth-order valence-corrected chi connectivity index (χ4v) is 5.17. The second-order valence-electron chi connectivity index (χ2n) is 6.95. The van der Waals surface area contributed by atoms with Gasteiger partial charge in [0.15, 0.2) is 5.16 Å². The van der Waals surface area contributed by atoms with E-state index in [1.165, 1.54) is 18.9 Å². The first-order valence-corrected chi connectivity index (χ1v) is 11.6. The molecule has 3 heterocycles. The van der Waals surface area contributed by atoms with Gasteiger partial charge in [-0.05, 0) is 25.3 Å². The summed E-state index contributed by atoms with van der Waals surface area (Å²) in [5.41, 5.74) is 5.90. The predicted octanol–water partition coefficient (Wildman–Crippen LogP) is 2.01. The van der Waals surface area contributed by atoms with Crippen molar-refractivity contribution in [3.05, 3.63) is 21.8 Å². The largest absolute Gasteiger partial charge is 0.465 e. The van der Waals surface area contributed by atoms with E-state index in [-0.39, 0.29) is 33.2 Å². The van der Waals surface area contributed by atoms with E-state index in [1.807, 2.05) is 11.5 Å². The lowest BCUT2D eigenvalue weighted by Gasteiger charge is -2.14. The minimum absolute atomic E-state index is 0.0524. The highest BCUT2D eigenvalue weighted by Crippen LogP contribution is 2.33. The number of ether oxygens (including phenoxy) is 2. The number of aryl methyl sites for hydroxylation is 1. The summed E-state index contributed by atoms with van der Waals surface area (Å²) in [6.07, 6.45) is 2.87. The molecule has 2 aromatic heterocycles. The van der Waals surface area contributed by atoms with Crippen molar-refractivity contribution in [2.45, 2.75) is 50.9 Å². The molecule has 0 aliphatic carbocycles. The van der Waals surface area contributed by atoms with Gasteiger partial charge in [-0.15, -0.1) is 21.5 Å². The average molecular weight is 468 g/mol. The van der Waals surface area contributed by atoms with Gasteiger partial charge in [-0.1, -0.05) is 18.7 Å². The Labute approximate surface area is 187 Å². The van der Waals surface area contributed by atoms with Crippen LogP contribution in [-0.2, 0) is 27.2 Å². The maximum atomic E-state index is 12.6. The van der Waals surface area contributed by atoms with Crippen molar-refractivity contribution in [1.29, 1.82) is 0 Å². The Kier molecular flexibility index (Phi) is 7.68. The van der Waals surface area contributed by atoms with E-state index in [4.69, 9.17) is 15.2 Å². The first-order valence-electron chi connectivity index (χ1n) is 9.83. The zero-order chi connectivity index (χ0) is 22.5. The van der Waals surface area contributed by atoms with E-state index in [0.717, 1.165) is 43.0 Å². The quantitative estimate of drug-likeness (QED) is 0.422. The third-order valence-electron chi connectivity index (χ3n) is 4.87. The number of thioether (sulfide) groups is 1. The third kappa shape index (κ3) is 5.25. The molecule has 0 radical (unpaired) electrons. The van der Waals surface area contributed by atoms with E-state index < -0.39 is 11.9 Å². The summed E-state index contributed by atoms with van der Waals surface area (Å²) >= 11 is 2.20. The summed E-state index contributed by atoms with van der Waals surface area (Å²) in [5, 5.41) is 12.0. The molecule has 0 aromatic carbocycles. The summed E-state index contributed by atoms with van der Waals surface area (Å²) in [7, 11) is 1.23. The number of nitrogens with zero attached hydrogens (tertiary/aromatic N) is 3. The molecular weight excluding hydrogens is 442 g/mol. The van der Waals surface area contributed by atoms with Crippen molar-refractivity contribution in [3.63, 3.8) is 0 Å². The van der Waals surface area contributed by atoms with Crippen molar-refractivity contribution in [2.24, 2.45) is 5.73 Å². The van der Waals surface area contributed by atoms with Crippen LogP contribution in [0, 0.1) is 6.92 Å². The number of aromatic nitrogens is 3. The standard InChI is InChI=1S/C19H25N5O5S2/c1-4-12-22-23-19(24(12)8-11-6-5-7-29-11)30-9-13(25)21-17-14(18(27)28-3)10(2)15(31-17)16(20)26/h11H,4-9H2,1-3H3,(H2,20,26)(H,21,25)/t11-/m0/s1. The topological polar surface area (TPSA) is 138 Å². The van der Waals surface area contributed by atoms with E-state index in [0.29, 0.717) is 17.3 Å². The molecule has 1 fully saturated rings. The number of hydrogen-bond donors (Lipinski definition) is 2. The van der Waals surface area contributed by atoms with Gasteiger partial charge in [0.05, 0.1) is 36.0 Å². The number of amides is 2. The van der Waals surface area contributed by atoms with Gasteiger partial charge < -0.3 is 25.1 Å². The van der Waals surface area contributed by atoms with Gasteiger partial charge in [0.25, 0.3) is 5.91 Å². The molecule has 1 aliphatic heterocycles. The number of carbonyl (C=O) groups excluding carboxylic acids is 3. The number of primary amides is 1. The number of nitrogens with one attached hydrogen (secondary N) is 1. The van der Waals surface area contributed by atoms with Crippen LogP contribution >= 0.6 is 23.1 Å². The molecule has 31 heavy (non-hydrogen) atoms. The Bertz CT molecular complexity index is 981. The van der Waals surface area contributed by atoms with Crippen LogP contribution in [0.5, 0.6) is 0 Å². The molecular formula is C19H25N5O5S2. The van der Waals surface area contributed by atoms with Gasteiger partial charge >= 0.3 is 5.97 Å². The number of thiophene rings is 1. The van der Waals surface area contributed by atoms with Crippen molar-refractivity contribution in [1.82, 2.24) is 14.8 Å². The lowest BCUT2D eigenvalue weighted by Crippen LogP contribution is -2.19. The molecule has 3 N–H and O–H groups in total. The van der Waals surface area contributed by atoms with Crippen LogP contribution in [-0.4, -0.2) is 58.1 Å².